The van der Waals surface area contributed by atoms with E-state index >= 15 is 0 Å². The summed E-state index contributed by atoms with van der Waals surface area (Å²) < 4.78 is 0. The van der Waals surface area contributed by atoms with Crippen LogP contribution in [0, 0.1) is 27.7 Å². The van der Waals surface area contributed by atoms with Gasteiger partial charge in [0.05, 0.1) is 9.75 Å². The molecule has 0 atom stereocenters. The first-order valence-electron chi connectivity index (χ1n) is 14.8. The highest BCUT2D eigenvalue weighted by Gasteiger charge is 2.19. The smallest absolute Gasteiger partial charge is 0.0536 e. The summed E-state index contributed by atoms with van der Waals surface area (Å²) in [6.07, 6.45) is 4.55. The number of thiophene rings is 8. The quantitative estimate of drug-likeness (QED) is 0.146. The van der Waals surface area contributed by atoms with Gasteiger partial charge in [-0.1, -0.05) is 0 Å². The average Bonchev–Trinajstić information content (AvgIpc) is 3.87. The fraction of sp³-hybridized carbons (Fsp3) is 0.105. The summed E-state index contributed by atoms with van der Waals surface area (Å²) in [6, 6.07) is 32.0. The van der Waals surface area contributed by atoms with Crippen LogP contribution in [0.3, 0.4) is 0 Å². The van der Waals surface area contributed by atoms with Crippen LogP contribution in [0.4, 0.5) is 0 Å². The van der Waals surface area contributed by atoms with Crippen LogP contribution >= 0.6 is 90.7 Å². The van der Waals surface area contributed by atoms with Crippen LogP contribution in [-0.4, -0.2) is 0 Å². The Hall–Kier alpha value is -2.66. The zero-order chi connectivity index (χ0) is 31.4. The van der Waals surface area contributed by atoms with Crippen LogP contribution in [0.5, 0.6) is 0 Å². The van der Waals surface area contributed by atoms with Gasteiger partial charge in [0, 0.05) is 79.4 Å². The van der Waals surface area contributed by atoms with Gasteiger partial charge < -0.3 is 0 Å². The lowest BCUT2D eigenvalue weighted by Crippen LogP contribution is -1.70. The average molecular weight is 741 g/mol. The van der Waals surface area contributed by atoms with E-state index in [1.165, 1.54) is 89.2 Å². The number of aryl methyl sites for hydroxylation is 4. The van der Waals surface area contributed by atoms with Crippen LogP contribution in [0.2, 0.25) is 0 Å². The SMILES string of the molecule is Cc1ccc(-c2cc(-c3ccc(/C=C/c4ccc(-c5cc(-c6ccc(C)s6)c(-c6ccc(C)s6)s5)s4)s3)sc2-c2ccc(C)s2)s1. The normalized spacial score (nSPS) is 11.8. The standard InChI is InChI=1S/C38H28S8/c1-21-5-13-29(39-21)27-19-35(45-37(27)33-15-7-23(3)41-33)31-17-11-25(43-31)9-10-26-12-18-32(44-26)36-20-28(30-14-6-22(2)40-30)38(46-36)34-16-8-24(4)42-34/h5-20H,1-4H3/b10-9+. The lowest BCUT2D eigenvalue weighted by atomic mass is 10.2. The Morgan fingerprint density at radius 3 is 1.02 bits per heavy atom. The highest BCUT2D eigenvalue weighted by molar-refractivity contribution is 7.28. The number of rotatable bonds is 8. The molecule has 8 heteroatoms. The fourth-order valence-corrected chi connectivity index (χ4v) is 13.6. The van der Waals surface area contributed by atoms with Crippen molar-refractivity contribution in [3.63, 3.8) is 0 Å². The maximum atomic E-state index is 2.41. The van der Waals surface area contributed by atoms with Crippen molar-refractivity contribution in [3.05, 3.63) is 114 Å². The van der Waals surface area contributed by atoms with Crippen molar-refractivity contribution < 1.29 is 0 Å². The molecule has 0 bridgehead atoms. The predicted molar refractivity (Wildman–Crippen MR) is 216 cm³/mol. The summed E-state index contributed by atoms with van der Waals surface area (Å²) >= 11 is 15.1. The summed E-state index contributed by atoms with van der Waals surface area (Å²) in [5, 5.41) is 0. The van der Waals surface area contributed by atoms with Crippen LogP contribution in [0.1, 0.15) is 29.3 Å². The molecule has 8 aromatic rings. The largest absolute Gasteiger partial charge is 0.141 e. The summed E-state index contributed by atoms with van der Waals surface area (Å²) in [7, 11) is 0. The van der Waals surface area contributed by atoms with Crippen LogP contribution in [-0.2, 0) is 0 Å². The van der Waals surface area contributed by atoms with Crippen molar-refractivity contribution in [2.75, 3.05) is 0 Å². The molecule has 0 radical (unpaired) electrons. The number of hydrogen-bond donors (Lipinski definition) is 0. The van der Waals surface area contributed by atoms with E-state index in [1.807, 2.05) is 90.7 Å². The van der Waals surface area contributed by atoms with Gasteiger partial charge in [-0.2, -0.15) is 0 Å². The third-order valence-electron chi connectivity index (χ3n) is 7.56. The molecule has 0 saturated heterocycles. The van der Waals surface area contributed by atoms with Crippen LogP contribution in [0.15, 0.2) is 84.9 Å². The zero-order valence-electron chi connectivity index (χ0n) is 25.5. The molecule has 0 nitrogen and oxygen atoms in total. The molecule has 0 unspecified atom stereocenters. The minimum absolute atomic E-state index is 1.28. The Morgan fingerprint density at radius 1 is 0.326 bits per heavy atom. The highest BCUT2D eigenvalue weighted by Crippen LogP contribution is 2.50. The Balaban J connectivity index is 1.06. The molecule has 0 fully saturated rings. The maximum Gasteiger partial charge on any atom is 0.0536 e. The molecule has 0 aromatic carbocycles. The molecule has 0 amide bonds. The first-order chi connectivity index (χ1) is 22.4. The second-order valence-corrected chi connectivity index (χ2v) is 20.6. The molecule has 0 aliphatic rings. The van der Waals surface area contributed by atoms with E-state index in [9.17, 15) is 0 Å². The molecular formula is C38H28S8. The Kier molecular flexibility index (Phi) is 8.50. The van der Waals surface area contributed by atoms with Crippen molar-refractivity contribution in [1.82, 2.24) is 0 Å². The maximum absolute atomic E-state index is 2.41. The number of hydrogen-bond acceptors (Lipinski definition) is 8. The van der Waals surface area contributed by atoms with Crippen molar-refractivity contribution in [1.29, 1.82) is 0 Å². The third kappa shape index (κ3) is 6.18. The minimum Gasteiger partial charge on any atom is -0.141 e. The van der Waals surface area contributed by atoms with E-state index in [0.717, 1.165) is 0 Å². The van der Waals surface area contributed by atoms with Gasteiger partial charge in [-0.25, -0.2) is 0 Å². The summed E-state index contributed by atoms with van der Waals surface area (Å²) in [5.41, 5.74) is 2.72. The van der Waals surface area contributed by atoms with E-state index in [4.69, 9.17) is 0 Å². The van der Waals surface area contributed by atoms with Gasteiger partial charge in [0.25, 0.3) is 0 Å². The van der Waals surface area contributed by atoms with E-state index in [-0.39, 0.29) is 0 Å². The lowest BCUT2D eigenvalue weighted by Gasteiger charge is -1.98. The van der Waals surface area contributed by atoms with Gasteiger partial charge in [-0.15, -0.1) is 90.7 Å². The second kappa shape index (κ2) is 12.7. The van der Waals surface area contributed by atoms with Gasteiger partial charge in [-0.3, -0.25) is 0 Å². The summed E-state index contributed by atoms with van der Waals surface area (Å²) in [5.74, 6) is 0. The molecule has 0 saturated carbocycles. The molecule has 8 aromatic heterocycles. The van der Waals surface area contributed by atoms with Gasteiger partial charge in [0.1, 0.15) is 0 Å². The van der Waals surface area contributed by atoms with E-state index in [1.54, 1.807) is 0 Å². The topological polar surface area (TPSA) is 0 Å². The second-order valence-electron chi connectivity index (χ2n) is 11.1. The van der Waals surface area contributed by atoms with Crippen LogP contribution < -0.4 is 0 Å². The molecule has 8 heterocycles. The molecule has 228 valence electrons. The molecule has 0 N–H and O–H groups in total. The summed E-state index contributed by atoms with van der Waals surface area (Å²) in [4.78, 5) is 21.5. The van der Waals surface area contributed by atoms with E-state index in [2.05, 4.69) is 125 Å². The molecular weight excluding hydrogens is 713 g/mol. The van der Waals surface area contributed by atoms with Gasteiger partial charge >= 0.3 is 0 Å². The van der Waals surface area contributed by atoms with Crippen molar-refractivity contribution in [3.8, 4) is 59.9 Å². The minimum atomic E-state index is 1.28. The fourth-order valence-electron chi connectivity index (χ4n) is 5.34. The van der Waals surface area contributed by atoms with Crippen molar-refractivity contribution in [2.24, 2.45) is 0 Å². The van der Waals surface area contributed by atoms with Gasteiger partial charge in [0.15, 0.2) is 0 Å². The van der Waals surface area contributed by atoms with Crippen molar-refractivity contribution >= 4 is 103 Å². The van der Waals surface area contributed by atoms with E-state index < -0.39 is 0 Å². The zero-order valence-corrected chi connectivity index (χ0v) is 32.0. The van der Waals surface area contributed by atoms with Gasteiger partial charge in [-0.05, 0) is 125 Å². The molecule has 0 aliphatic carbocycles. The van der Waals surface area contributed by atoms with Crippen LogP contribution in [0.25, 0.3) is 72.1 Å². The summed E-state index contributed by atoms with van der Waals surface area (Å²) in [6.45, 7) is 8.77. The molecule has 0 aliphatic heterocycles. The Labute approximate surface area is 301 Å². The lowest BCUT2D eigenvalue weighted by molar-refractivity contribution is 1.64. The molecule has 0 spiro atoms. The highest BCUT2D eigenvalue weighted by atomic mass is 32.1. The third-order valence-corrected chi connectivity index (χ3v) is 16.7. The first-order valence-corrected chi connectivity index (χ1v) is 21.3. The molecule has 46 heavy (non-hydrogen) atoms. The van der Waals surface area contributed by atoms with E-state index in [0.29, 0.717) is 0 Å². The van der Waals surface area contributed by atoms with Gasteiger partial charge in [0.2, 0.25) is 0 Å². The first kappa shape index (κ1) is 30.7. The van der Waals surface area contributed by atoms with Crippen molar-refractivity contribution in [2.45, 2.75) is 27.7 Å². The predicted octanol–water partition coefficient (Wildman–Crippen LogP) is 15.6. The Bertz CT molecular complexity index is 2050. The Morgan fingerprint density at radius 2 is 0.674 bits per heavy atom. The molecule has 8 rings (SSSR count). The monoisotopic (exact) mass is 740 g/mol.